The fourth-order valence-corrected chi connectivity index (χ4v) is 0.863. The van der Waals surface area contributed by atoms with Gasteiger partial charge in [0.25, 0.3) is 0 Å². The molecule has 1 rings (SSSR count). The van der Waals surface area contributed by atoms with Gasteiger partial charge in [-0.1, -0.05) is 6.82 Å². The number of carbonyl (C=O) groups excluding carboxylic acids is 1. The second-order valence-corrected chi connectivity index (χ2v) is 2.38. The molecule has 0 saturated heterocycles. The minimum absolute atomic E-state index is 0.236. The van der Waals surface area contributed by atoms with Crippen molar-refractivity contribution in [1.29, 1.82) is 0 Å². The lowest BCUT2D eigenvalue weighted by Gasteiger charge is -2.10. The molecule has 1 fully saturated rings. The number of hydrogen-bond donors (Lipinski definition) is 1. The van der Waals surface area contributed by atoms with E-state index >= 15 is 0 Å². The molecular formula is C5H8B2NO. The van der Waals surface area contributed by atoms with Crippen LogP contribution in [0.2, 0.25) is 6.82 Å². The van der Waals surface area contributed by atoms with Gasteiger partial charge in [0.1, 0.15) is 0 Å². The van der Waals surface area contributed by atoms with Gasteiger partial charge in [-0.25, -0.2) is 0 Å². The molecule has 0 aromatic rings. The Morgan fingerprint density at radius 2 is 2.33 bits per heavy atom. The molecule has 0 bridgehead atoms. The molecule has 0 aliphatic heterocycles. The van der Waals surface area contributed by atoms with Gasteiger partial charge in [-0.2, -0.15) is 0 Å². The van der Waals surface area contributed by atoms with Crippen LogP contribution in [0.1, 0.15) is 12.8 Å². The van der Waals surface area contributed by atoms with Gasteiger partial charge in [0, 0.05) is 0 Å². The van der Waals surface area contributed by atoms with Gasteiger partial charge < -0.3 is 10.0 Å². The Balaban J connectivity index is 2.43. The number of nitrogens with one attached hydrogen (secondary N) is 1. The monoisotopic (exact) mass is 120 g/mol. The van der Waals surface area contributed by atoms with Gasteiger partial charge in [-0.3, -0.25) is 0 Å². The summed E-state index contributed by atoms with van der Waals surface area (Å²) in [7, 11) is 6.86. The lowest BCUT2D eigenvalue weighted by Crippen LogP contribution is -2.40. The van der Waals surface area contributed by atoms with Crippen molar-refractivity contribution in [2.45, 2.75) is 25.2 Å². The Kier molecular flexibility index (Phi) is 1.66. The molecule has 2 nitrogen and oxygen atoms in total. The SMILES string of the molecule is [B]C(=O)C1(N[B]C)CC1. The predicted molar refractivity (Wildman–Crippen MR) is 37.5 cm³/mol. The molecule has 0 amide bonds. The van der Waals surface area contributed by atoms with Gasteiger partial charge in [-0.05, 0) is 12.8 Å². The summed E-state index contributed by atoms with van der Waals surface area (Å²) in [5, 5.41) is 2.93. The zero-order chi connectivity index (χ0) is 6.91. The van der Waals surface area contributed by atoms with E-state index in [-0.39, 0.29) is 11.2 Å². The quantitative estimate of drug-likeness (QED) is 0.507. The first-order valence-corrected chi connectivity index (χ1v) is 3.07. The maximum atomic E-state index is 10.6. The van der Waals surface area contributed by atoms with E-state index in [1.807, 2.05) is 6.82 Å². The topological polar surface area (TPSA) is 29.1 Å². The third-order valence-corrected chi connectivity index (χ3v) is 1.64. The standard InChI is InChI=1S/C5H8B2NO/c1-7-8-5(2-3-5)4(6)9/h8H,2-3H2,1H3. The summed E-state index contributed by atoms with van der Waals surface area (Å²) in [6.45, 7) is 1.85. The second kappa shape index (κ2) is 2.18. The largest absolute Gasteiger partial charge is 0.350 e. The van der Waals surface area contributed by atoms with Crippen molar-refractivity contribution in [1.82, 2.24) is 5.23 Å². The lowest BCUT2D eigenvalue weighted by molar-refractivity contribution is -0.114. The van der Waals surface area contributed by atoms with Gasteiger partial charge in [0.2, 0.25) is 7.41 Å². The lowest BCUT2D eigenvalue weighted by atomic mass is 9.87. The molecule has 1 saturated carbocycles. The molecule has 1 aliphatic rings. The molecule has 0 aromatic carbocycles. The fraction of sp³-hybridized carbons (Fsp3) is 0.800. The Labute approximate surface area is 57.1 Å². The molecular weight excluding hydrogens is 112 g/mol. The summed E-state index contributed by atoms with van der Waals surface area (Å²) in [5.74, 6) is 0. The van der Waals surface area contributed by atoms with Crippen LogP contribution in [0.15, 0.2) is 0 Å². The van der Waals surface area contributed by atoms with Crippen molar-refractivity contribution in [3.63, 3.8) is 0 Å². The van der Waals surface area contributed by atoms with Crippen molar-refractivity contribution < 1.29 is 4.79 Å². The normalized spacial score (nSPS) is 21.0. The van der Waals surface area contributed by atoms with Crippen molar-refractivity contribution in [2.24, 2.45) is 0 Å². The number of carbonyl (C=O) groups is 1. The van der Waals surface area contributed by atoms with Crippen molar-refractivity contribution >= 4 is 20.9 Å². The van der Waals surface area contributed by atoms with Crippen molar-refractivity contribution in [2.75, 3.05) is 0 Å². The smallest absolute Gasteiger partial charge is 0.202 e. The molecule has 1 N–H and O–H groups in total. The summed E-state index contributed by atoms with van der Waals surface area (Å²) < 4.78 is 0. The molecule has 9 heavy (non-hydrogen) atoms. The van der Waals surface area contributed by atoms with E-state index in [0.717, 1.165) is 12.8 Å². The van der Waals surface area contributed by atoms with Gasteiger partial charge in [0.05, 0.1) is 11.2 Å². The first kappa shape index (κ1) is 6.87. The maximum absolute atomic E-state index is 10.6. The summed E-state index contributed by atoms with van der Waals surface area (Å²) in [4.78, 5) is 10.6. The fourth-order valence-electron chi connectivity index (χ4n) is 0.863. The average molecular weight is 120 g/mol. The molecule has 1 aliphatic carbocycles. The highest BCUT2D eigenvalue weighted by atomic mass is 16.1. The highest BCUT2D eigenvalue weighted by molar-refractivity contribution is 6.61. The zero-order valence-electron chi connectivity index (χ0n) is 5.48. The van der Waals surface area contributed by atoms with E-state index < -0.39 is 0 Å². The minimum atomic E-state index is -0.366. The van der Waals surface area contributed by atoms with Crippen molar-refractivity contribution in [3.8, 4) is 0 Å². The van der Waals surface area contributed by atoms with Crippen LogP contribution in [0, 0.1) is 0 Å². The van der Waals surface area contributed by atoms with Crippen LogP contribution in [0.4, 0.5) is 0 Å². The van der Waals surface area contributed by atoms with Crippen LogP contribution >= 0.6 is 0 Å². The molecule has 0 heterocycles. The highest BCUT2D eigenvalue weighted by Crippen LogP contribution is 2.34. The first-order valence-electron chi connectivity index (χ1n) is 3.07. The van der Waals surface area contributed by atoms with Gasteiger partial charge >= 0.3 is 0 Å². The molecule has 0 spiro atoms. The van der Waals surface area contributed by atoms with E-state index in [1.54, 1.807) is 7.41 Å². The second-order valence-electron chi connectivity index (χ2n) is 2.38. The van der Waals surface area contributed by atoms with E-state index in [1.165, 1.54) is 0 Å². The number of rotatable bonds is 3. The van der Waals surface area contributed by atoms with Crippen LogP contribution in [0.25, 0.3) is 0 Å². The average Bonchev–Trinajstić information content (AvgIpc) is 2.49. The summed E-state index contributed by atoms with van der Waals surface area (Å²) in [6.07, 6.45) is 1.76. The van der Waals surface area contributed by atoms with Crippen LogP contribution in [0.3, 0.4) is 0 Å². The van der Waals surface area contributed by atoms with E-state index in [2.05, 4.69) is 5.23 Å². The minimum Gasteiger partial charge on any atom is -0.350 e. The molecule has 0 atom stereocenters. The van der Waals surface area contributed by atoms with E-state index in [0.29, 0.717) is 0 Å². The number of hydrogen-bond acceptors (Lipinski definition) is 2. The van der Waals surface area contributed by atoms with Gasteiger partial charge in [0.15, 0.2) is 7.85 Å². The maximum Gasteiger partial charge on any atom is 0.202 e. The summed E-state index contributed by atoms with van der Waals surface area (Å²) >= 11 is 0. The molecule has 0 unspecified atom stereocenters. The Morgan fingerprint density at radius 1 is 1.78 bits per heavy atom. The van der Waals surface area contributed by atoms with Crippen LogP contribution in [-0.4, -0.2) is 26.5 Å². The third-order valence-electron chi connectivity index (χ3n) is 1.64. The molecule has 4 heteroatoms. The molecule has 45 valence electrons. The third kappa shape index (κ3) is 1.18. The summed E-state index contributed by atoms with van der Waals surface area (Å²) in [5.41, 5.74) is -0.602. The Hall–Kier alpha value is -0.240. The first-order chi connectivity index (χ1) is 4.21. The molecule has 3 radical (unpaired) electrons. The van der Waals surface area contributed by atoms with Gasteiger partial charge in [-0.15, -0.1) is 0 Å². The van der Waals surface area contributed by atoms with E-state index in [4.69, 9.17) is 7.85 Å². The van der Waals surface area contributed by atoms with Crippen molar-refractivity contribution in [3.05, 3.63) is 0 Å². The van der Waals surface area contributed by atoms with Crippen LogP contribution in [-0.2, 0) is 4.79 Å². The highest BCUT2D eigenvalue weighted by Gasteiger charge is 2.44. The Morgan fingerprint density at radius 3 is 2.44 bits per heavy atom. The predicted octanol–water partition coefficient (Wildman–Crippen LogP) is -0.529. The Bertz CT molecular complexity index is 133. The molecule has 0 aromatic heterocycles. The summed E-state index contributed by atoms with van der Waals surface area (Å²) in [6, 6.07) is 0. The van der Waals surface area contributed by atoms with Crippen LogP contribution < -0.4 is 5.23 Å². The zero-order valence-corrected chi connectivity index (χ0v) is 5.48. The van der Waals surface area contributed by atoms with E-state index in [9.17, 15) is 4.79 Å². The van der Waals surface area contributed by atoms with Crippen LogP contribution in [0.5, 0.6) is 0 Å².